The molecule has 0 radical (unpaired) electrons. The van der Waals surface area contributed by atoms with E-state index in [1.807, 2.05) is 13.0 Å². The fourth-order valence-corrected chi connectivity index (χ4v) is 4.52. The van der Waals surface area contributed by atoms with Crippen molar-refractivity contribution in [3.05, 3.63) is 53.2 Å². The van der Waals surface area contributed by atoms with Crippen molar-refractivity contribution < 1.29 is 18.5 Å². The van der Waals surface area contributed by atoms with Crippen LogP contribution in [0.1, 0.15) is 34.8 Å². The zero-order chi connectivity index (χ0) is 20.7. The van der Waals surface area contributed by atoms with Gasteiger partial charge in [0.15, 0.2) is 0 Å². The van der Waals surface area contributed by atoms with Crippen molar-refractivity contribution in [1.29, 1.82) is 0 Å². The number of aryl methyl sites for hydroxylation is 1. The number of fused-ring (bicyclic) bond motifs is 1. The molecule has 2 aromatic rings. The molecule has 7 nitrogen and oxygen atoms in total. The summed E-state index contributed by atoms with van der Waals surface area (Å²) in [4.78, 5) is 30.7. The Labute approximate surface area is 169 Å². The van der Waals surface area contributed by atoms with Gasteiger partial charge in [-0.2, -0.15) is 0 Å². The number of urea groups is 1. The number of hydrogen-bond donors (Lipinski definition) is 0. The zero-order valence-corrected chi connectivity index (χ0v) is 16.8. The summed E-state index contributed by atoms with van der Waals surface area (Å²) in [5, 5.41) is 3.90. The van der Waals surface area contributed by atoms with Gasteiger partial charge >= 0.3 is 6.03 Å². The maximum atomic E-state index is 13.9. The van der Waals surface area contributed by atoms with Gasteiger partial charge in [0, 0.05) is 51.6 Å². The molecular formula is C21H25FN4O3. The molecule has 2 aliphatic rings. The molecule has 3 heterocycles. The van der Waals surface area contributed by atoms with Crippen LogP contribution in [-0.4, -0.2) is 65.5 Å². The molecule has 8 heteroatoms. The largest absolute Gasteiger partial charge is 0.351 e. The highest BCUT2D eigenvalue weighted by molar-refractivity contribution is 5.91. The summed E-state index contributed by atoms with van der Waals surface area (Å²) in [5.41, 5.74) is 1.50. The standard InChI is InChI=1S/C21H25FN4O3/c1-4-16-9-18(29-23-16)20(27)25-10-14-11-26(21(28)24(2)3)19(17(14)12-25)13-6-5-7-15(22)8-13/h5-9,14,17,19H,4,10-12H2,1-3H3/t14-,17-,19-/m1/s1. The second-order valence-electron chi connectivity index (χ2n) is 8.00. The van der Waals surface area contributed by atoms with Gasteiger partial charge in [0.25, 0.3) is 5.91 Å². The van der Waals surface area contributed by atoms with E-state index in [0.29, 0.717) is 26.1 Å². The molecule has 1 aromatic carbocycles. The summed E-state index contributed by atoms with van der Waals surface area (Å²) in [7, 11) is 3.42. The maximum Gasteiger partial charge on any atom is 0.320 e. The van der Waals surface area contributed by atoms with E-state index in [1.54, 1.807) is 36.0 Å². The quantitative estimate of drug-likeness (QED) is 0.795. The number of benzene rings is 1. The fourth-order valence-electron chi connectivity index (χ4n) is 4.52. The van der Waals surface area contributed by atoms with Crippen LogP contribution in [0, 0.1) is 17.7 Å². The Hall–Kier alpha value is -2.90. The summed E-state index contributed by atoms with van der Waals surface area (Å²) in [6.07, 6.45) is 0.700. The Morgan fingerprint density at radius 2 is 2.03 bits per heavy atom. The third-order valence-electron chi connectivity index (χ3n) is 5.90. The van der Waals surface area contributed by atoms with Gasteiger partial charge in [0.05, 0.1) is 11.7 Å². The van der Waals surface area contributed by atoms with Crippen molar-refractivity contribution in [2.75, 3.05) is 33.7 Å². The minimum atomic E-state index is -0.331. The molecular weight excluding hydrogens is 375 g/mol. The lowest BCUT2D eigenvalue weighted by Crippen LogP contribution is -2.42. The van der Waals surface area contributed by atoms with Crippen LogP contribution in [0.2, 0.25) is 0 Å². The lowest BCUT2D eigenvalue weighted by atomic mass is 9.89. The molecule has 2 saturated heterocycles. The SMILES string of the molecule is CCc1cc(C(=O)N2C[C@@H]3CN(C(=O)N(C)C)[C@H](c4cccc(F)c4)[C@@H]3C2)on1. The average Bonchev–Trinajstić information content (AvgIpc) is 3.40. The molecule has 0 spiro atoms. The van der Waals surface area contributed by atoms with Crippen molar-refractivity contribution in [2.45, 2.75) is 19.4 Å². The second-order valence-corrected chi connectivity index (χ2v) is 8.00. The van der Waals surface area contributed by atoms with Crippen molar-refractivity contribution in [2.24, 2.45) is 11.8 Å². The van der Waals surface area contributed by atoms with E-state index >= 15 is 0 Å². The lowest BCUT2D eigenvalue weighted by Gasteiger charge is -2.31. The molecule has 3 atom stereocenters. The first-order valence-corrected chi connectivity index (χ1v) is 9.87. The highest BCUT2D eigenvalue weighted by atomic mass is 19.1. The van der Waals surface area contributed by atoms with Gasteiger partial charge in [-0.05, 0) is 24.1 Å². The first-order chi connectivity index (χ1) is 13.9. The molecule has 0 aliphatic carbocycles. The Kier molecular flexibility index (Phi) is 5.02. The predicted molar refractivity (Wildman–Crippen MR) is 104 cm³/mol. The van der Waals surface area contributed by atoms with E-state index in [1.165, 1.54) is 17.0 Å². The van der Waals surface area contributed by atoms with Gasteiger partial charge in [0.1, 0.15) is 5.82 Å². The van der Waals surface area contributed by atoms with Gasteiger partial charge in [-0.1, -0.05) is 24.2 Å². The Morgan fingerprint density at radius 1 is 1.24 bits per heavy atom. The molecule has 0 N–H and O–H groups in total. The Morgan fingerprint density at radius 3 is 2.69 bits per heavy atom. The number of likely N-dealkylation sites (tertiary alicyclic amines) is 2. The van der Waals surface area contributed by atoms with Crippen LogP contribution in [0.3, 0.4) is 0 Å². The molecule has 3 amide bonds. The molecule has 29 heavy (non-hydrogen) atoms. The number of rotatable bonds is 3. The molecule has 2 fully saturated rings. The van der Waals surface area contributed by atoms with Crippen LogP contribution < -0.4 is 0 Å². The summed E-state index contributed by atoms with van der Waals surface area (Å²) in [6, 6.07) is 7.70. The Bertz CT molecular complexity index is 928. The van der Waals surface area contributed by atoms with E-state index in [9.17, 15) is 14.0 Å². The summed E-state index contributed by atoms with van der Waals surface area (Å²) in [6.45, 7) is 3.51. The van der Waals surface area contributed by atoms with E-state index in [4.69, 9.17) is 4.52 Å². The van der Waals surface area contributed by atoms with Crippen LogP contribution in [0.15, 0.2) is 34.9 Å². The van der Waals surface area contributed by atoms with Gasteiger partial charge in [-0.25, -0.2) is 9.18 Å². The van der Waals surface area contributed by atoms with Gasteiger partial charge in [0.2, 0.25) is 5.76 Å². The normalized spacial score (nSPS) is 23.4. The first-order valence-electron chi connectivity index (χ1n) is 9.87. The number of amides is 3. The number of carbonyl (C=O) groups is 2. The van der Waals surface area contributed by atoms with Crippen LogP contribution in [0.25, 0.3) is 0 Å². The minimum absolute atomic E-state index is 0.0400. The minimum Gasteiger partial charge on any atom is -0.351 e. The molecule has 0 saturated carbocycles. The molecule has 4 rings (SSSR count). The third-order valence-corrected chi connectivity index (χ3v) is 5.90. The zero-order valence-electron chi connectivity index (χ0n) is 16.8. The molecule has 0 bridgehead atoms. The maximum absolute atomic E-state index is 13.9. The number of nitrogens with zero attached hydrogens (tertiary/aromatic N) is 4. The highest BCUT2D eigenvalue weighted by Gasteiger charge is 2.50. The second kappa shape index (κ2) is 7.50. The van der Waals surface area contributed by atoms with Crippen LogP contribution in [-0.2, 0) is 6.42 Å². The van der Waals surface area contributed by atoms with Crippen LogP contribution in [0.4, 0.5) is 9.18 Å². The monoisotopic (exact) mass is 400 g/mol. The van der Waals surface area contributed by atoms with Crippen LogP contribution >= 0.6 is 0 Å². The number of aromatic nitrogens is 1. The first kappa shape index (κ1) is 19.4. The molecule has 1 aromatic heterocycles. The smallest absolute Gasteiger partial charge is 0.320 e. The molecule has 0 unspecified atom stereocenters. The van der Waals surface area contributed by atoms with Gasteiger partial charge < -0.3 is 19.2 Å². The number of halogens is 1. The Balaban J connectivity index is 1.60. The van der Waals surface area contributed by atoms with E-state index in [0.717, 1.165) is 11.3 Å². The number of hydrogen-bond acceptors (Lipinski definition) is 4. The average molecular weight is 400 g/mol. The van der Waals surface area contributed by atoms with Crippen molar-refractivity contribution in [1.82, 2.24) is 19.9 Å². The van der Waals surface area contributed by atoms with Crippen molar-refractivity contribution in [3.8, 4) is 0 Å². The predicted octanol–water partition coefficient (Wildman–Crippen LogP) is 2.80. The van der Waals surface area contributed by atoms with E-state index in [-0.39, 0.29) is 41.4 Å². The van der Waals surface area contributed by atoms with Crippen molar-refractivity contribution in [3.63, 3.8) is 0 Å². The molecule has 154 valence electrons. The lowest BCUT2D eigenvalue weighted by molar-refractivity contribution is 0.0725. The van der Waals surface area contributed by atoms with Gasteiger partial charge in [-0.15, -0.1) is 0 Å². The van der Waals surface area contributed by atoms with E-state index < -0.39 is 0 Å². The fraction of sp³-hybridized carbons (Fsp3) is 0.476. The highest BCUT2D eigenvalue weighted by Crippen LogP contribution is 2.45. The van der Waals surface area contributed by atoms with E-state index in [2.05, 4.69) is 5.16 Å². The summed E-state index contributed by atoms with van der Waals surface area (Å²) in [5.74, 6) is -0.105. The van der Waals surface area contributed by atoms with Crippen LogP contribution in [0.5, 0.6) is 0 Å². The van der Waals surface area contributed by atoms with Gasteiger partial charge in [-0.3, -0.25) is 4.79 Å². The molecule has 2 aliphatic heterocycles. The summed E-state index contributed by atoms with van der Waals surface area (Å²) < 4.78 is 19.1. The third kappa shape index (κ3) is 3.47. The summed E-state index contributed by atoms with van der Waals surface area (Å²) >= 11 is 0. The topological polar surface area (TPSA) is 69.9 Å². The number of carbonyl (C=O) groups excluding carboxylic acids is 2. The van der Waals surface area contributed by atoms with Crippen molar-refractivity contribution >= 4 is 11.9 Å².